The molecule has 4 nitrogen and oxygen atoms in total. The van der Waals surface area contributed by atoms with Gasteiger partial charge in [0.2, 0.25) is 0 Å². The topological polar surface area (TPSA) is 54.5 Å². The van der Waals surface area contributed by atoms with Crippen LogP contribution in [0.4, 0.5) is 0 Å². The lowest BCUT2D eigenvalue weighted by molar-refractivity contribution is 0.102. The van der Waals surface area contributed by atoms with E-state index >= 15 is 0 Å². The highest BCUT2D eigenvalue weighted by atomic mass is 16.6. The molecule has 0 saturated carbocycles. The summed E-state index contributed by atoms with van der Waals surface area (Å²) in [5.41, 5.74) is 0. The maximum atomic E-state index is 9.08. The summed E-state index contributed by atoms with van der Waals surface area (Å²) in [4.78, 5) is 0. The fourth-order valence-corrected chi connectivity index (χ4v) is 1.49. The first-order valence-electron chi connectivity index (χ1n) is 7.25. The summed E-state index contributed by atoms with van der Waals surface area (Å²) in [6, 6.07) is 0. The molecule has 0 aromatic rings. The molecular formula is C14H28O4. The van der Waals surface area contributed by atoms with Crippen LogP contribution in [0, 0.1) is 0 Å². The molecule has 3 atom stereocenters. The summed E-state index contributed by atoms with van der Waals surface area (Å²) in [5, 5.41) is 9.08. The third kappa shape index (κ3) is 9.83. The van der Waals surface area contributed by atoms with Gasteiger partial charge in [-0.3, -0.25) is 0 Å². The van der Waals surface area contributed by atoms with Gasteiger partial charge in [0.15, 0.2) is 0 Å². The Morgan fingerprint density at radius 2 is 1.67 bits per heavy atom. The molecule has 108 valence electrons. The summed E-state index contributed by atoms with van der Waals surface area (Å²) in [5.74, 6) is 0. The van der Waals surface area contributed by atoms with Gasteiger partial charge in [-0.25, -0.2) is 0 Å². The van der Waals surface area contributed by atoms with Crippen LogP contribution in [0.1, 0.15) is 46.0 Å². The van der Waals surface area contributed by atoms with Gasteiger partial charge >= 0.3 is 0 Å². The number of epoxide rings is 2. The highest BCUT2D eigenvalue weighted by Gasteiger charge is 2.26. The largest absolute Gasteiger partial charge is 0.393 e. The first-order chi connectivity index (χ1) is 8.76. The highest BCUT2D eigenvalue weighted by Crippen LogP contribution is 2.12. The van der Waals surface area contributed by atoms with Gasteiger partial charge in [-0.1, -0.05) is 33.1 Å². The number of aliphatic hydroxyl groups is 1. The van der Waals surface area contributed by atoms with E-state index in [1.165, 1.54) is 19.3 Å². The maximum absolute atomic E-state index is 9.08. The number of ether oxygens (including phenoxy) is 3. The lowest BCUT2D eigenvalue weighted by atomic mass is 10.1. The van der Waals surface area contributed by atoms with Crippen molar-refractivity contribution in [1.82, 2.24) is 0 Å². The number of rotatable bonds is 9. The van der Waals surface area contributed by atoms with Crippen molar-refractivity contribution < 1.29 is 19.3 Å². The van der Waals surface area contributed by atoms with Gasteiger partial charge in [0.05, 0.1) is 32.5 Å². The van der Waals surface area contributed by atoms with Crippen LogP contribution in [-0.4, -0.2) is 49.8 Å². The molecule has 2 rings (SSSR count). The molecule has 2 aliphatic heterocycles. The van der Waals surface area contributed by atoms with E-state index in [4.69, 9.17) is 19.3 Å². The van der Waals surface area contributed by atoms with Crippen LogP contribution in [-0.2, 0) is 14.2 Å². The molecule has 0 aliphatic carbocycles. The Balaban J connectivity index is 0.000000180. The van der Waals surface area contributed by atoms with Crippen molar-refractivity contribution >= 4 is 0 Å². The second-order valence-corrected chi connectivity index (χ2v) is 5.01. The average molecular weight is 260 g/mol. The van der Waals surface area contributed by atoms with Crippen LogP contribution in [0.15, 0.2) is 0 Å². The highest BCUT2D eigenvalue weighted by molar-refractivity contribution is 4.71. The van der Waals surface area contributed by atoms with E-state index in [9.17, 15) is 0 Å². The minimum Gasteiger partial charge on any atom is -0.393 e. The SMILES string of the molecule is C(OCC1CO1)C1CO1.CCCCCC(O)CC. The first kappa shape index (κ1) is 15.9. The molecule has 18 heavy (non-hydrogen) atoms. The van der Waals surface area contributed by atoms with Crippen molar-refractivity contribution in [3.63, 3.8) is 0 Å². The standard InChI is InChI=1S/C8H18O.C6H10O3/c1-3-5-6-7-8(9)4-2;1(5-3-8-5)7-2-6-4-9-6/h8-9H,3-7H2,1-2H3;5-6H,1-4H2. The van der Waals surface area contributed by atoms with Crippen LogP contribution in [0.3, 0.4) is 0 Å². The Hall–Kier alpha value is -0.160. The number of unbranched alkanes of at least 4 members (excludes halogenated alkanes) is 2. The zero-order valence-corrected chi connectivity index (χ0v) is 11.8. The maximum Gasteiger partial charge on any atom is 0.104 e. The van der Waals surface area contributed by atoms with Crippen molar-refractivity contribution in [3.05, 3.63) is 0 Å². The molecule has 0 bridgehead atoms. The van der Waals surface area contributed by atoms with E-state index in [1.807, 2.05) is 6.92 Å². The molecule has 0 aromatic heterocycles. The zero-order valence-electron chi connectivity index (χ0n) is 11.8. The van der Waals surface area contributed by atoms with Crippen molar-refractivity contribution in [2.75, 3.05) is 26.4 Å². The molecule has 1 N–H and O–H groups in total. The Morgan fingerprint density at radius 3 is 2.06 bits per heavy atom. The van der Waals surface area contributed by atoms with E-state index in [0.29, 0.717) is 12.2 Å². The third-order valence-corrected chi connectivity index (χ3v) is 3.02. The number of hydrogen-bond acceptors (Lipinski definition) is 4. The Labute approximate surface area is 111 Å². The second-order valence-electron chi connectivity index (χ2n) is 5.01. The molecule has 0 amide bonds. The molecule has 2 aliphatic rings. The summed E-state index contributed by atoms with van der Waals surface area (Å²) in [6.45, 7) is 7.46. The Morgan fingerprint density at radius 1 is 1.11 bits per heavy atom. The summed E-state index contributed by atoms with van der Waals surface area (Å²) >= 11 is 0. The van der Waals surface area contributed by atoms with Crippen LogP contribution in [0.2, 0.25) is 0 Å². The number of hydrogen-bond donors (Lipinski definition) is 1. The minimum atomic E-state index is -0.0449. The van der Waals surface area contributed by atoms with Crippen molar-refractivity contribution in [2.45, 2.75) is 64.3 Å². The normalized spacial score (nSPS) is 26.2. The Kier molecular flexibility index (Phi) is 8.59. The Bertz CT molecular complexity index is 178. The summed E-state index contributed by atoms with van der Waals surface area (Å²) < 4.78 is 15.1. The van der Waals surface area contributed by atoms with Crippen molar-refractivity contribution in [3.8, 4) is 0 Å². The molecule has 0 aromatic carbocycles. The van der Waals surface area contributed by atoms with Gasteiger partial charge in [0.25, 0.3) is 0 Å². The summed E-state index contributed by atoms with van der Waals surface area (Å²) in [6.07, 6.45) is 6.33. The molecule has 2 heterocycles. The van der Waals surface area contributed by atoms with Gasteiger partial charge in [-0.15, -0.1) is 0 Å². The molecule has 3 unspecified atom stereocenters. The second kappa shape index (κ2) is 9.73. The fraction of sp³-hybridized carbons (Fsp3) is 1.00. The zero-order chi connectivity index (χ0) is 13.2. The predicted octanol–water partition coefficient (Wildman–Crippen LogP) is 2.14. The molecular weight excluding hydrogens is 232 g/mol. The third-order valence-electron chi connectivity index (χ3n) is 3.02. The minimum absolute atomic E-state index is 0.0449. The monoisotopic (exact) mass is 260 g/mol. The van der Waals surface area contributed by atoms with Crippen LogP contribution >= 0.6 is 0 Å². The molecule has 2 saturated heterocycles. The average Bonchev–Trinajstić information content (AvgIpc) is 3.24. The van der Waals surface area contributed by atoms with E-state index in [2.05, 4.69) is 6.92 Å². The lowest BCUT2D eigenvalue weighted by Gasteiger charge is -2.04. The summed E-state index contributed by atoms with van der Waals surface area (Å²) in [7, 11) is 0. The lowest BCUT2D eigenvalue weighted by Crippen LogP contribution is -2.06. The quantitative estimate of drug-likeness (QED) is 0.510. The molecule has 4 heteroatoms. The van der Waals surface area contributed by atoms with Crippen LogP contribution in [0.25, 0.3) is 0 Å². The molecule has 0 spiro atoms. The van der Waals surface area contributed by atoms with E-state index < -0.39 is 0 Å². The van der Waals surface area contributed by atoms with Gasteiger partial charge in [-0.2, -0.15) is 0 Å². The number of aliphatic hydroxyl groups excluding tert-OH is 1. The smallest absolute Gasteiger partial charge is 0.104 e. The van der Waals surface area contributed by atoms with Crippen LogP contribution < -0.4 is 0 Å². The van der Waals surface area contributed by atoms with Gasteiger partial charge < -0.3 is 19.3 Å². The van der Waals surface area contributed by atoms with E-state index in [1.54, 1.807) is 0 Å². The fourth-order valence-electron chi connectivity index (χ4n) is 1.49. The van der Waals surface area contributed by atoms with E-state index in [0.717, 1.165) is 39.3 Å². The molecule has 0 radical (unpaired) electrons. The van der Waals surface area contributed by atoms with E-state index in [-0.39, 0.29) is 6.10 Å². The van der Waals surface area contributed by atoms with Crippen LogP contribution in [0.5, 0.6) is 0 Å². The van der Waals surface area contributed by atoms with Gasteiger partial charge in [0, 0.05) is 0 Å². The first-order valence-corrected chi connectivity index (χ1v) is 7.25. The van der Waals surface area contributed by atoms with Gasteiger partial charge in [-0.05, 0) is 12.8 Å². The van der Waals surface area contributed by atoms with Crippen molar-refractivity contribution in [1.29, 1.82) is 0 Å². The van der Waals surface area contributed by atoms with Crippen molar-refractivity contribution in [2.24, 2.45) is 0 Å². The molecule has 2 fully saturated rings. The predicted molar refractivity (Wildman–Crippen MR) is 70.7 cm³/mol. The van der Waals surface area contributed by atoms with Gasteiger partial charge in [0.1, 0.15) is 12.2 Å².